The number of para-hydroxylation sites is 1. The van der Waals surface area contributed by atoms with E-state index in [9.17, 15) is 14.4 Å². The van der Waals surface area contributed by atoms with Crippen molar-refractivity contribution in [1.29, 1.82) is 0 Å². The van der Waals surface area contributed by atoms with Crippen LogP contribution in [0.4, 0.5) is 0 Å². The Morgan fingerprint density at radius 3 is 1.05 bits per heavy atom. The molecule has 3 aliphatic rings. The highest BCUT2D eigenvalue weighted by atomic mass is 32.2. The summed E-state index contributed by atoms with van der Waals surface area (Å²) >= 11 is 1.64. The summed E-state index contributed by atoms with van der Waals surface area (Å²) < 4.78 is 22.5. The summed E-state index contributed by atoms with van der Waals surface area (Å²) in [6.07, 6.45) is 9.28. The van der Waals surface area contributed by atoms with E-state index >= 15 is 0 Å². The second-order valence-electron chi connectivity index (χ2n) is 27.4. The molecule has 3 N–H and O–H groups in total. The lowest BCUT2D eigenvalue weighted by Crippen LogP contribution is -2.24. The number of esters is 3. The van der Waals surface area contributed by atoms with E-state index in [0.29, 0.717) is 83.0 Å². The van der Waals surface area contributed by atoms with Gasteiger partial charge < -0.3 is 34.3 Å². The number of hydrogen-bond donors (Lipinski definition) is 3. The Morgan fingerprint density at radius 2 is 0.676 bits per heavy atom. The summed E-state index contributed by atoms with van der Waals surface area (Å²) in [6, 6.07) is 77.6. The first-order chi connectivity index (χ1) is 50.8. The molecular weight excluding hydrogens is 1320 g/mol. The Hall–Kier alpha value is -10.1. The average Bonchev–Trinajstić information content (AvgIpc) is 1.60. The first kappa shape index (κ1) is 80.6. The van der Waals surface area contributed by atoms with Crippen molar-refractivity contribution in [2.75, 3.05) is 6.61 Å². The fourth-order valence-electron chi connectivity index (χ4n) is 12.3. The maximum absolute atomic E-state index is 13.0. The summed E-state index contributed by atoms with van der Waals surface area (Å²) in [4.78, 5) is 39.2. The van der Waals surface area contributed by atoms with Crippen LogP contribution < -0.4 is 18.9 Å². The van der Waals surface area contributed by atoms with Crippen LogP contribution in [0.2, 0.25) is 0 Å². The first-order valence-electron chi connectivity index (χ1n) is 37.4. The number of phenols is 3. The fraction of sp³-hybridized carbons (Fsp3) is 0.309. The van der Waals surface area contributed by atoms with Gasteiger partial charge in [0, 0.05) is 10.5 Å². The topological polar surface area (TPSA) is 149 Å². The molecule has 2 aliphatic heterocycles. The largest absolute Gasteiger partial charge is 0.508 e. The Labute approximate surface area is 628 Å². The predicted molar refractivity (Wildman–Crippen MR) is 430 cm³/mol. The molecule has 8 unspecified atom stereocenters. The second-order valence-corrected chi connectivity index (χ2v) is 28.3. The Balaban J connectivity index is 0.000000165. The zero-order chi connectivity index (χ0) is 75.4. The summed E-state index contributed by atoms with van der Waals surface area (Å²) in [5.74, 6) is 5.33. The van der Waals surface area contributed by atoms with Gasteiger partial charge in [-0.3, -0.25) is 14.4 Å². The molecular formula is C94H106O10S. The molecule has 548 valence electrons. The number of rotatable bonds is 18. The van der Waals surface area contributed by atoms with Crippen LogP contribution in [0.5, 0.6) is 40.2 Å². The molecule has 0 saturated heterocycles. The van der Waals surface area contributed by atoms with Crippen LogP contribution in [0.25, 0.3) is 11.1 Å². The van der Waals surface area contributed by atoms with Gasteiger partial charge in [-0.1, -0.05) is 259 Å². The average molecular weight is 1430 g/mol. The number of ether oxygens (including phenoxy) is 4. The van der Waals surface area contributed by atoms with Gasteiger partial charge in [-0.15, -0.1) is 0 Å². The van der Waals surface area contributed by atoms with E-state index in [-0.39, 0.29) is 35.7 Å². The van der Waals surface area contributed by atoms with E-state index in [0.717, 1.165) is 82.6 Å². The molecule has 0 fully saturated rings. The van der Waals surface area contributed by atoms with Gasteiger partial charge in [0.05, 0.1) is 12.5 Å². The molecule has 2 heterocycles. The molecule has 11 heteroatoms. The van der Waals surface area contributed by atoms with Crippen LogP contribution >= 0.6 is 11.8 Å². The lowest BCUT2D eigenvalue weighted by Gasteiger charge is -2.24. The SMILES string of the molecule is CCC(C)c1ccc(O)cc1.CCC(C)c1ccc(O)cc1.CCC(C)c1ccc(O)cc1.CCC(C)c1ccc(OC(=O)C2C=CSc3ccccc32)cc1.CCC(C)c1ccc(OC(=O)C2CCOc3ccccc32)cc1.CCC(C)c1ccc(OC(=O)C2c3ccccc3-c3ccccc32)cc1. The molecule has 10 aromatic rings. The summed E-state index contributed by atoms with van der Waals surface area (Å²) in [5.41, 5.74) is 13.9. The molecule has 0 saturated carbocycles. The van der Waals surface area contributed by atoms with Crippen molar-refractivity contribution in [3.8, 4) is 51.4 Å². The number of carbonyl (C=O) groups is 3. The standard InChI is InChI=1S/C24H22O2.C20H22O3.C20H20O2S.3C10H14O/c1-3-16(2)17-12-14-18(15-13-17)26-24(25)23-21-10-6-4-8-19(21)20-9-5-7-11-22(20)23;1-3-14(2)15-8-10-16(11-9-15)23-20(21)18-12-13-22-19-7-5-4-6-17(18)19;1-3-14(2)15-8-10-16(11-9-15)22-20(21)18-12-13-23-19-7-5-4-6-17(18)19;3*1-3-8(2)9-4-6-10(11)7-5-9/h4-16,23H,3H2,1-2H3;4-11,14,18H,3,12-13H2,1-2H3;4-14,18H,3H2,1-2H3;3*4-8,11H,3H2,1-2H3. The molecule has 0 bridgehead atoms. The van der Waals surface area contributed by atoms with Gasteiger partial charge in [0.25, 0.3) is 0 Å². The Bertz CT molecular complexity index is 4170. The number of fused-ring (bicyclic) bond motifs is 5. The Morgan fingerprint density at radius 1 is 0.371 bits per heavy atom. The number of benzene rings is 10. The van der Waals surface area contributed by atoms with Crippen molar-refractivity contribution in [1.82, 2.24) is 0 Å². The van der Waals surface area contributed by atoms with Crippen molar-refractivity contribution in [3.05, 3.63) is 310 Å². The third-order valence-corrected chi connectivity index (χ3v) is 21.3. The molecule has 1 aliphatic carbocycles. The molecule has 13 rings (SSSR count). The van der Waals surface area contributed by atoms with Crippen LogP contribution in [-0.2, 0) is 14.4 Å². The summed E-state index contributed by atoms with van der Waals surface area (Å²) in [7, 11) is 0. The molecule has 0 spiro atoms. The third kappa shape index (κ3) is 22.9. The maximum Gasteiger partial charge on any atom is 0.323 e. The molecule has 0 amide bonds. The highest BCUT2D eigenvalue weighted by Crippen LogP contribution is 2.46. The highest BCUT2D eigenvalue weighted by Gasteiger charge is 2.35. The third-order valence-electron chi connectivity index (χ3n) is 20.3. The molecule has 0 aromatic heterocycles. The minimum Gasteiger partial charge on any atom is -0.508 e. The number of phenolic OH excluding ortho intramolecular Hbond substituents is 3. The van der Waals surface area contributed by atoms with Crippen molar-refractivity contribution in [2.45, 2.75) is 186 Å². The van der Waals surface area contributed by atoms with Gasteiger partial charge in [-0.2, -0.15) is 0 Å². The second kappa shape index (κ2) is 40.8. The molecule has 10 nitrogen and oxygen atoms in total. The van der Waals surface area contributed by atoms with E-state index < -0.39 is 0 Å². The van der Waals surface area contributed by atoms with Crippen molar-refractivity contribution in [3.63, 3.8) is 0 Å². The molecule has 8 atom stereocenters. The number of carbonyl (C=O) groups excluding carboxylic acids is 3. The predicted octanol–water partition coefficient (Wildman–Crippen LogP) is 24.8. The van der Waals surface area contributed by atoms with Crippen LogP contribution in [0.15, 0.2) is 259 Å². The monoisotopic (exact) mass is 1430 g/mol. The van der Waals surface area contributed by atoms with E-state index in [2.05, 4.69) is 95.2 Å². The fourth-order valence-corrected chi connectivity index (χ4v) is 13.2. The van der Waals surface area contributed by atoms with Crippen molar-refractivity contribution in [2.24, 2.45) is 0 Å². The lowest BCUT2D eigenvalue weighted by atomic mass is 9.93. The van der Waals surface area contributed by atoms with Crippen molar-refractivity contribution < 1.29 is 48.7 Å². The molecule has 105 heavy (non-hydrogen) atoms. The number of aromatic hydroxyl groups is 3. The van der Waals surface area contributed by atoms with Crippen LogP contribution in [0.1, 0.15) is 237 Å². The van der Waals surface area contributed by atoms with Crippen LogP contribution in [0, 0.1) is 0 Å². The van der Waals surface area contributed by atoms with Gasteiger partial charge in [-0.05, 0) is 232 Å². The maximum atomic E-state index is 13.0. The lowest BCUT2D eigenvalue weighted by molar-refractivity contribution is -0.137. The van der Waals surface area contributed by atoms with E-state index in [1.165, 1.54) is 33.4 Å². The first-order valence-corrected chi connectivity index (χ1v) is 38.3. The van der Waals surface area contributed by atoms with Crippen LogP contribution in [0.3, 0.4) is 0 Å². The number of thioether (sulfide) groups is 1. The summed E-state index contributed by atoms with van der Waals surface area (Å²) in [5, 5.41) is 29.0. The smallest absolute Gasteiger partial charge is 0.323 e. The normalized spacial score (nSPS) is 15.2. The number of hydrogen-bond acceptors (Lipinski definition) is 11. The van der Waals surface area contributed by atoms with E-state index in [1.807, 2.05) is 206 Å². The molecule has 0 radical (unpaired) electrons. The van der Waals surface area contributed by atoms with Gasteiger partial charge >= 0.3 is 17.9 Å². The van der Waals surface area contributed by atoms with E-state index in [1.54, 1.807) is 48.2 Å². The zero-order valence-electron chi connectivity index (χ0n) is 63.2. The minimum atomic E-state index is -0.364. The van der Waals surface area contributed by atoms with Crippen molar-refractivity contribution >= 4 is 29.7 Å². The minimum absolute atomic E-state index is 0.211. The quantitative estimate of drug-likeness (QED) is 0.0557. The highest BCUT2D eigenvalue weighted by molar-refractivity contribution is 8.02. The van der Waals surface area contributed by atoms with Gasteiger partial charge in [-0.25, -0.2) is 0 Å². The Kier molecular flexibility index (Phi) is 31.3. The van der Waals surface area contributed by atoms with Crippen LogP contribution in [-0.4, -0.2) is 39.8 Å². The van der Waals surface area contributed by atoms with Gasteiger partial charge in [0.2, 0.25) is 0 Å². The zero-order valence-corrected chi connectivity index (χ0v) is 64.0. The van der Waals surface area contributed by atoms with Gasteiger partial charge in [0.1, 0.15) is 52.1 Å². The van der Waals surface area contributed by atoms with Gasteiger partial charge in [0.15, 0.2) is 0 Å². The van der Waals surface area contributed by atoms with E-state index in [4.69, 9.17) is 34.3 Å². The summed E-state index contributed by atoms with van der Waals surface area (Å²) in [6.45, 7) is 26.7. The molecule has 10 aromatic carbocycles.